The largest absolute Gasteiger partial charge is 0.478 e. The summed E-state index contributed by atoms with van der Waals surface area (Å²) < 4.78 is 0. The number of nitrogens with zero attached hydrogens (tertiary/aromatic N) is 1. The maximum absolute atomic E-state index is 12.2. The van der Waals surface area contributed by atoms with Gasteiger partial charge in [-0.3, -0.25) is 9.69 Å². The number of aliphatic carboxylic acids is 1. The highest BCUT2D eigenvalue weighted by molar-refractivity contribution is 7.12. The molecule has 1 saturated heterocycles. The number of amides is 1. The number of carboxylic acids is 1. The molecular weight excluding hydrogens is 288 g/mol. The number of thiophene rings is 1. The lowest BCUT2D eigenvalue weighted by Crippen LogP contribution is -2.39. The molecule has 2 heterocycles. The van der Waals surface area contributed by atoms with Crippen molar-refractivity contribution in [1.29, 1.82) is 0 Å². The Hall–Kier alpha value is -1.66. The summed E-state index contributed by atoms with van der Waals surface area (Å²) in [6.45, 7) is 4.88. The summed E-state index contributed by atoms with van der Waals surface area (Å²) in [7, 11) is 0. The van der Waals surface area contributed by atoms with Gasteiger partial charge in [0.15, 0.2) is 0 Å². The van der Waals surface area contributed by atoms with Crippen LogP contribution in [-0.4, -0.2) is 47.6 Å². The van der Waals surface area contributed by atoms with Crippen molar-refractivity contribution < 1.29 is 14.7 Å². The van der Waals surface area contributed by atoms with Crippen LogP contribution in [-0.2, 0) is 4.79 Å². The van der Waals surface area contributed by atoms with Gasteiger partial charge in [0.1, 0.15) is 0 Å². The minimum absolute atomic E-state index is 0.127. The highest BCUT2D eigenvalue weighted by atomic mass is 32.1. The molecule has 1 fully saturated rings. The average Bonchev–Trinajstić information content (AvgIpc) is 3.10. The van der Waals surface area contributed by atoms with Gasteiger partial charge in [-0.1, -0.05) is 6.92 Å². The SMILES string of the molecule is CCN1CCCC1CNC(=O)c1sccc1C=CC(=O)O. The van der Waals surface area contributed by atoms with E-state index in [-0.39, 0.29) is 5.91 Å². The average molecular weight is 308 g/mol. The van der Waals surface area contributed by atoms with Crippen LogP contribution in [0, 0.1) is 0 Å². The molecule has 1 aliphatic heterocycles. The first-order chi connectivity index (χ1) is 10.1. The second-order valence-corrected chi connectivity index (χ2v) is 5.93. The van der Waals surface area contributed by atoms with E-state index in [0.717, 1.165) is 25.6 Å². The molecule has 1 aromatic rings. The van der Waals surface area contributed by atoms with E-state index in [0.29, 0.717) is 23.0 Å². The van der Waals surface area contributed by atoms with E-state index >= 15 is 0 Å². The highest BCUT2D eigenvalue weighted by Crippen LogP contribution is 2.19. The van der Waals surface area contributed by atoms with Crippen LogP contribution in [0.15, 0.2) is 17.5 Å². The van der Waals surface area contributed by atoms with Crippen LogP contribution in [0.2, 0.25) is 0 Å². The monoisotopic (exact) mass is 308 g/mol. The highest BCUT2D eigenvalue weighted by Gasteiger charge is 2.23. The van der Waals surface area contributed by atoms with Gasteiger partial charge in [-0.15, -0.1) is 11.3 Å². The predicted octanol–water partition coefficient (Wildman–Crippen LogP) is 2.06. The first-order valence-electron chi connectivity index (χ1n) is 7.12. The molecule has 0 spiro atoms. The third-order valence-electron chi connectivity index (χ3n) is 3.71. The topological polar surface area (TPSA) is 69.6 Å². The van der Waals surface area contributed by atoms with Crippen LogP contribution in [0.4, 0.5) is 0 Å². The molecule has 1 atom stereocenters. The number of carboxylic acid groups (broad SMARTS) is 1. The van der Waals surface area contributed by atoms with E-state index in [1.807, 2.05) is 0 Å². The van der Waals surface area contributed by atoms with E-state index in [4.69, 9.17) is 5.11 Å². The van der Waals surface area contributed by atoms with Crippen LogP contribution in [0.25, 0.3) is 6.08 Å². The Morgan fingerprint density at radius 3 is 3.10 bits per heavy atom. The van der Waals surface area contributed by atoms with Crippen LogP contribution >= 0.6 is 11.3 Å². The van der Waals surface area contributed by atoms with Crippen molar-refractivity contribution in [2.45, 2.75) is 25.8 Å². The van der Waals surface area contributed by atoms with Gasteiger partial charge in [-0.05, 0) is 49.0 Å². The number of nitrogens with one attached hydrogen (secondary N) is 1. The Bertz CT molecular complexity index is 539. The summed E-state index contributed by atoms with van der Waals surface area (Å²) in [5, 5.41) is 13.4. The van der Waals surface area contributed by atoms with Gasteiger partial charge in [0.25, 0.3) is 5.91 Å². The summed E-state index contributed by atoms with van der Waals surface area (Å²) in [4.78, 5) is 25.7. The third kappa shape index (κ3) is 4.15. The molecule has 5 nitrogen and oxygen atoms in total. The normalized spacial score (nSPS) is 19.2. The number of likely N-dealkylation sites (tertiary alicyclic amines) is 1. The summed E-state index contributed by atoms with van der Waals surface area (Å²) in [6.07, 6.45) is 4.81. The van der Waals surface area contributed by atoms with E-state index in [1.54, 1.807) is 11.4 Å². The number of carbonyl (C=O) groups excluding carboxylic acids is 1. The van der Waals surface area contributed by atoms with Crippen molar-refractivity contribution in [2.24, 2.45) is 0 Å². The summed E-state index contributed by atoms with van der Waals surface area (Å²) >= 11 is 1.33. The van der Waals surface area contributed by atoms with Gasteiger partial charge in [0.05, 0.1) is 4.88 Å². The van der Waals surface area contributed by atoms with Crippen molar-refractivity contribution in [3.8, 4) is 0 Å². The molecule has 1 aliphatic rings. The summed E-state index contributed by atoms with van der Waals surface area (Å²) in [6, 6.07) is 2.17. The Morgan fingerprint density at radius 1 is 1.57 bits per heavy atom. The lowest BCUT2D eigenvalue weighted by molar-refractivity contribution is -0.131. The van der Waals surface area contributed by atoms with E-state index < -0.39 is 5.97 Å². The zero-order valence-corrected chi connectivity index (χ0v) is 12.9. The first-order valence-corrected chi connectivity index (χ1v) is 8.00. The summed E-state index contributed by atoms with van der Waals surface area (Å²) in [5.41, 5.74) is 0.652. The van der Waals surface area contributed by atoms with Gasteiger partial charge < -0.3 is 10.4 Å². The van der Waals surface area contributed by atoms with Crippen LogP contribution in [0.5, 0.6) is 0 Å². The minimum Gasteiger partial charge on any atom is -0.478 e. The molecule has 114 valence electrons. The maximum Gasteiger partial charge on any atom is 0.328 e. The van der Waals surface area contributed by atoms with Crippen molar-refractivity contribution in [2.75, 3.05) is 19.6 Å². The van der Waals surface area contributed by atoms with Gasteiger partial charge >= 0.3 is 5.97 Å². The molecule has 2 rings (SSSR count). The van der Waals surface area contributed by atoms with Crippen molar-refractivity contribution >= 4 is 29.3 Å². The van der Waals surface area contributed by atoms with Gasteiger partial charge in [-0.2, -0.15) is 0 Å². The fraction of sp³-hybridized carbons (Fsp3) is 0.467. The van der Waals surface area contributed by atoms with Crippen LogP contribution in [0.3, 0.4) is 0 Å². The maximum atomic E-state index is 12.2. The zero-order chi connectivity index (χ0) is 15.2. The van der Waals surface area contributed by atoms with Crippen LogP contribution in [0.1, 0.15) is 35.0 Å². The number of rotatable bonds is 6. The van der Waals surface area contributed by atoms with Gasteiger partial charge in [-0.25, -0.2) is 4.79 Å². The summed E-state index contributed by atoms with van der Waals surface area (Å²) in [5.74, 6) is -1.14. The molecule has 1 unspecified atom stereocenters. The van der Waals surface area contributed by atoms with E-state index in [1.165, 1.54) is 23.8 Å². The van der Waals surface area contributed by atoms with Crippen LogP contribution < -0.4 is 5.32 Å². The minimum atomic E-state index is -1.02. The molecule has 21 heavy (non-hydrogen) atoms. The fourth-order valence-electron chi connectivity index (χ4n) is 2.63. The number of likely N-dealkylation sites (N-methyl/N-ethyl adjacent to an activating group) is 1. The van der Waals surface area contributed by atoms with Crippen molar-refractivity contribution in [3.05, 3.63) is 28.0 Å². The molecule has 0 aliphatic carbocycles. The zero-order valence-electron chi connectivity index (χ0n) is 12.0. The molecule has 0 bridgehead atoms. The lowest BCUT2D eigenvalue weighted by Gasteiger charge is -2.22. The van der Waals surface area contributed by atoms with E-state index in [9.17, 15) is 9.59 Å². The Labute approximate surface area is 128 Å². The van der Waals surface area contributed by atoms with E-state index in [2.05, 4.69) is 17.1 Å². The second-order valence-electron chi connectivity index (χ2n) is 5.01. The number of hydrogen-bond acceptors (Lipinski definition) is 4. The number of hydrogen-bond donors (Lipinski definition) is 2. The molecule has 0 radical (unpaired) electrons. The van der Waals surface area contributed by atoms with Crippen molar-refractivity contribution in [3.63, 3.8) is 0 Å². The molecule has 2 N–H and O–H groups in total. The second kappa shape index (κ2) is 7.38. The van der Waals surface area contributed by atoms with Gasteiger partial charge in [0, 0.05) is 18.7 Å². The fourth-order valence-corrected chi connectivity index (χ4v) is 3.43. The molecular formula is C15H20N2O3S. The molecule has 1 aromatic heterocycles. The Kier molecular flexibility index (Phi) is 5.52. The molecule has 0 saturated carbocycles. The van der Waals surface area contributed by atoms with Crippen molar-refractivity contribution in [1.82, 2.24) is 10.2 Å². The molecule has 0 aromatic carbocycles. The quantitative estimate of drug-likeness (QED) is 0.789. The predicted molar refractivity (Wildman–Crippen MR) is 83.6 cm³/mol. The number of carbonyl (C=O) groups is 2. The lowest BCUT2D eigenvalue weighted by atomic mass is 10.2. The Balaban J connectivity index is 1.95. The molecule has 1 amide bonds. The first kappa shape index (κ1) is 15.7. The van der Waals surface area contributed by atoms with Gasteiger partial charge in [0.2, 0.25) is 0 Å². The smallest absolute Gasteiger partial charge is 0.328 e. The third-order valence-corrected chi connectivity index (χ3v) is 4.64. The molecule has 6 heteroatoms. The Morgan fingerprint density at radius 2 is 2.38 bits per heavy atom. The standard InChI is InChI=1S/C15H20N2O3S/c1-2-17-8-3-4-12(17)10-16-15(20)14-11(7-9-21-14)5-6-13(18)19/h5-7,9,12H,2-4,8,10H2,1H3,(H,16,20)(H,18,19).